The number of carbonyl (C=O) groups is 1. The Labute approximate surface area is 188 Å². The Kier molecular flexibility index (Phi) is 8.26. The fourth-order valence-electron chi connectivity index (χ4n) is 3.73. The molecule has 0 radical (unpaired) electrons. The Morgan fingerprint density at radius 1 is 1.38 bits per heavy atom. The van der Waals surface area contributed by atoms with Gasteiger partial charge < -0.3 is 34.3 Å². The largest absolute Gasteiger partial charge is 0.475 e. The Bertz CT molecular complexity index is 761. The van der Waals surface area contributed by atoms with Crippen molar-refractivity contribution in [2.24, 2.45) is 5.41 Å². The van der Waals surface area contributed by atoms with Crippen molar-refractivity contribution >= 4 is 11.6 Å². The van der Waals surface area contributed by atoms with Crippen LogP contribution in [0, 0.1) is 5.41 Å². The van der Waals surface area contributed by atoms with Gasteiger partial charge in [0, 0.05) is 20.2 Å². The maximum absolute atomic E-state index is 13.0. The van der Waals surface area contributed by atoms with Crippen LogP contribution in [0.15, 0.2) is 12.1 Å². The summed E-state index contributed by atoms with van der Waals surface area (Å²) in [5.74, 6) is -0.0553. The maximum Gasteiger partial charge on any atom is 0.270 e. The summed E-state index contributed by atoms with van der Waals surface area (Å²) in [6.45, 7) is 5.41. The number of alkyl halides is 1. The molecule has 2 aliphatic rings. The van der Waals surface area contributed by atoms with Gasteiger partial charge >= 0.3 is 0 Å². The van der Waals surface area contributed by atoms with Crippen LogP contribution in [-0.2, 0) is 14.2 Å². The van der Waals surface area contributed by atoms with Crippen molar-refractivity contribution in [3.8, 4) is 5.88 Å². The molecule has 0 aliphatic carbocycles. The van der Waals surface area contributed by atoms with Gasteiger partial charge in [-0.2, -0.15) is 0 Å². The average molecular weight is 456 g/mol. The van der Waals surface area contributed by atoms with E-state index in [4.69, 9.17) is 18.9 Å². The number of nitrogens with zero attached hydrogens (tertiary/aromatic N) is 2. The first-order valence-electron chi connectivity index (χ1n) is 11.0. The molecule has 1 aromatic rings. The zero-order chi connectivity index (χ0) is 23.2. The van der Waals surface area contributed by atoms with E-state index in [0.717, 1.165) is 5.69 Å². The van der Waals surface area contributed by atoms with Crippen molar-refractivity contribution in [1.29, 1.82) is 0 Å². The van der Waals surface area contributed by atoms with E-state index in [1.54, 1.807) is 13.2 Å². The summed E-state index contributed by atoms with van der Waals surface area (Å²) in [5, 5.41) is 12.7. The lowest BCUT2D eigenvalue weighted by Crippen LogP contribution is -2.53. The Morgan fingerprint density at radius 2 is 2.09 bits per heavy atom. The normalized spacial score (nSPS) is 18.1. The number of hydrogen-bond donors (Lipinski definition) is 2. The standard InChI is InChI=1S/C22H34FN3O6/c1-4-22(5-2,14-31-15-23)25-19(28)17-6-7-18(26-8-16(9-26)29-3)20(24-17)32-13-21(10-27)11-30-12-21/h6-7,16,27H,4-5,8-15H2,1-3H3,(H,25,28). The van der Waals surface area contributed by atoms with E-state index >= 15 is 0 Å². The fourth-order valence-corrected chi connectivity index (χ4v) is 3.73. The molecule has 2 saturated heterocycles. The van der Waals surface area contributed by atoms with Crippen LogP contribution in [0.5, 0.6) is 5.88 Å². The van der Waals surface area contributed by atoms with Crippen molar-refractivity contribution in [3.63, 3.8) is 0 Å². The fraction of sp³-hybridized carbons (Fsp3) is 0.727. The minimum atomic E-state index is -0.906. The number of anilines is 1. The molecule has 1 amide bonds. The van der Waals surface area contributed by atoms with Gasteiger partial charge in [0.05, 0.1) is 43.5 Å². The molecule has 9 nitrogen and oxygen atoms in total. The molecule has 0 bridgehead atoms. The average Bonchev–Trinajstić information content (AvgIpc) is 2.76. The Morgan fingerprint density at radius 3 is 2.62 bits per heavy atom. The van der Waals surface area contributed by atoms with Crippen LogP contribution in [0.2, 0.25) is 0 Å². The third-order valence-electron chi connectivity index (χ3n) is 6.45. The molecule has 2 aliphatic heterocycles. The first-order chi connectivity index (χ1) is 15.4. The predicted octanol–water partition coefficient (Wildman–Crippen LogP) is 1.54. The topological polar surface area (TPSA) is 102 Å². The van der Waals surface area contributed by atoms with Gasteiger partial charge in [-0.1, -0.05) is 13.8 Å². The Hall–Kier alpha value is -2.01. The van der Waals surface area contributed by atoms with Crippen LogP contribution in [-0.4, -0.2) is 87.7 Å². The van der Waals surface area contributed by atoms with Gasteiger partial charge in [0.15, 0.2) is 6.86 Å². The van der Waals surface area contributed by atoms with Crippen LogP contribution in [0.3, 0.4) is 0 Å². The molecular weight excluding hydrogens is 421 g/mol. The van der Waals surface area contributed by atoms with Crippen molar-refractivity contribution in [3.05, 3.63) is 17.8 Å². The number of halogens is 1. The molecule has 10 heteroatoms. The number of amides is 1. The number of hydrogen-bond acceptors (Lipinski definition) is 8. The molecule has 0 atom stereocenters. The zero-order valence-electron chi connectivity index (χ0n) is 19.1. The van der Waals surface area contributed by atoms with Gasteiger partial charge in [0.25, 0.3) is 5.91 Å². The molecular formula is C22H34FN3O6. The van der Waals surface area contributed by atoms with E-state index < -0.39 is 17.8 Å². The second kappa shape index (κ2) is 10.7. The SMILES string of the molecule is CCC(CC)(COCF)NC(=O)c1ccc(N2CC(OC)C2)c(OCC2(CO)COC2)n1. The number of methoxy groups -OCH3 is 1. The summed E-state index contributed by atoms with van der Waals surface area (Å²) >= 11 is 0. The molecule has 3 rings (SSSR count). The highest BCUT2D eigenvalue weighted by molar-refractivity contribution is 5.93. The molecule has 180 valence electrons. The maximum atomic E-state index is 13.0. The molecule has 1 aromatic heterocycles. The number of aliphatic hydroxyl groups is 1. The quantitative estimate of drug-likeness (QED) is 0.462. The highest BCUT2D eigenvalue weighted by Gasteiger charge is 2.40. The highest BCUT2D eigenvalue weighted by Crippen LogP contribution is 2.34. The molecule has 2 N–H and O–H groups in total. The minimum Gasteiger partial charge on any atom is -0.475 e. The number of rotatable bonds is 13. The van der Waals surface area contributed by atoms with Gasteiger partial charge in [-0.05, 0) is 25.0 Å². The molecule has 0 aromatic carbocycles. The number of nitrogens with one attached hydrogen (secondary N) is 1. The van der Waals surface area contributed by atoms with Crippen molar-refractivity contribution in [2.45, 2.75) is 38.3 Å². The summed E-state index contributed by atoms with van der Waals surface area (Å²) in [5.41, 5.74) is -0.175. The number of carbonyl (C=O) groups excluding carboxylic acids is 1. The minimum absolute atomic E-state index is 0.0535. The van der Waals surface area contributed by atoms with Crippen LogP contribution in [0.25, 0.3) is 0 Å². The van der Waals surface area contributed by atoms with E-state index in [1.165, 1.54) is 0 Å². The molecule has 32 heavy (non-hydrogen) atoms. The van der Waals surface area contributed by atoms with Gasteiger partial charge in [-0.15, -0.1) is 0 Å². The van der Waals surface area contributed by atoms with E-state index in [9.17, 15) is 14.3 Å². The summed E-state index contributed by atoms with van der Waals surface area (Å²) in [6.07, 6.45) is 1.31. The summed E-state index contributed by atoms with van der Waals surface area (Å²) < 4.78 is 34.1. The molecule has 2 fully saturated rings. The van der Waals surface area contributed by atoms with Gasteiger partial charge in [0.2, 0.25) is 5.88 Å². The summed E-state index contributed by atoms with van der Waals surface area (Å²) in [6, 6.07) is 3.46. The van der Waals surface area contributed by atoms with E-state index in [1.807, 2.05) is 19.9 Å². The number of aliphatic hydroxyl groups excluding tert-OH is 1. The molecule has 0 saturated carbocycles. The lowest BCUT2D eigenvalue weighted by molar-refractivity contribution is -0.153. The first-order valence-corrected chi connectivity index (χ1v) is 11.0. The monoisotopic (exact) mass is 455 g/mol. The Balaban J connectivity index is 1.79. The number of ether oxygens (including phenoxy) is 4. The number of pyridine rings is 1. The lowest BCUT2D eigenvalue weighted by atomic mass is 9.88. The highest BCUT2D eigenvalue weighted by atomic mass is 19.1. The molecule has 0 spiro atoms. The third kappa shape index (κ3) is 5.31. The van der Waals surface area contributed by atoms with E-state index in [-0.39, 0.29) is 37.5 Å². The molecule has 0 unspecified atom stereocenters. The second-order valence-corrected chi connectivity index (χ2v) is 8.62. The van der Waals surface area contributed by atoms with Gasteiger partial charge in [-0.3, -0.25) is 4.79 Å². The zero-order valence-corrected chi connectivity index (χ0v) is 19.1. The third-order valence-corrected chi connectivity index (χ3v) is 6.45. The lowest BCUT2D eigenvalue weighted by Gasteiger charge is -2.41. The van der Waals surface area contributed by atoms with Crippen molar-refractivity contribution < 1.29 is 33.2 Å². The van der Waals surface area contributed by atoms with Gasteiger partial charge in [0.1, 0.15) is 18.0 Å². The second-order valence-electron chi connectivity index (χ2n) is 8.62. The van der Waals surface area contributed by atoms with Crippen LogP contribution in [0.1, 0.15) is 37.2 Å². The van der Waals surface area contributed by atoms with Crippen LogP contribution < -0.4 is 15.0 Å². The van der Waals surface area contributed by atoms with Crippen LogP contribution >= 0.6 is 0 Å². The predicted molar refractivity (Wildman–Crippen MR) is 116 cm³/mol. The first kappa shape index (κ1) is 24.6. The smallest absolute Gasteiger partial charge is 0.270 e. The van der Waals surface area contributed by atoms with E-state index in [2.05, 4.69) is 15.2 Å². The van der Waals surface area contributed by atoms with Gasteiger partial charge in [-0.25, -0.2) is 9.37 Å². The molecule has 3 heterocycles. The van der Waals surface area contributed by atoms with E-state index in [0.29, 0.717) is 45.0 Å². The van der Waals surface area contributed by atoms with Crippen LogP contribution in [0.4, 0.5) is 10.1 Å². The van der Waals surface area contributed by atoms with Crippen molar-refractivity contribution in [2.75, 3.05) is 65.0 Å². The summed E-state index contributed by atoms with van der Waals surface area (Å²) in [7, 11) is 1.67. The van der Waals surface area contributed by atoms with Crippen molar-refractivity contribution in [1.82, 2.24) is 10.3 Å². The number of aromatic nitrogens is 1. The summed E-state index contributed by atoms with van der Waals surface area (Å²) in [4.78, 5) is 19.6.